The van der Waals surface area contributed by atoms with Gasteiger partial charge in [-0.15, -0.1) is 0 Å². The molecule has 4 rings (SSSR count). The van der Waals surface area contributed by atoms with E-state index in [0.29, 0.717) is 5.92 Å². The molecule has 2 saturated heterocycles. The van der Waals surface area contributed by atoms with Crippen molar-refractivity contribution in [1.29, 1.82) is 0 Å². The van der Waals surface area contributed by atoms with E-state index < -0.39 is 5.79 Å². The van der Waals surface area contributed by atoms with E-state index in [4.69, 9.17) is 9.47 Å². The zero-order valence-electron chi connectivity index (χ0n) is 9.75. The Hall–Kier alpha value is -0.570. The Bertz CT molecular complexity index is 379. The van der Waals surface area contributed by atoms with Gasteiger partial charge in [0.25, 0.3) is 0 Å². The van der Waals surface area contributed by atoms with Crippen LogP contribution in [-0.4, -0.2) is 17.4 Å². The summed E-state index contributed by atoms with van der Waals surface area (Å²) in [7, 11) is 0. The number of carbonyl (C=O) groups is 1. The number of fused-ring (bicyclic) bond motifs is 1. The predicted molar refractivity (Wildman–Crippen MR) is 56.6 cm³/mol. The van der Waals surface area contributed by atoms with Crippen LogP contribution < -0.4 is 0 Å². The van der Waals surface area contributed by atoms with Gasteiger partial charge in [0.1, 0.15) is 0 Å². The molecule has 0 aromatic carbocycles. The molecule has 4 fully saturated rings. The molecular weight excluding hydrogens is 204 g/mol. The van der Waals surface area contributed by atoms with Crippen molar-refractivity contribution in [3.8, 4) is 0 Å². The van der Waals surface area contributed by atoms with Gasteiger partial charge in [0.2, 0.25) is 5.79 Å². The molecule has 0 N–H and O–H groups in total. The van der Waals surface area contributed by atoms with E-state index in [-0.39, 0.29) is 17.0 Å². The molecule has 0 unspecified atom stereocenters. The maximum absolute atomic E-state index is 12.3. The Morgan fingerprint density at radius 2 is 2.12 bits per heavy atom. The van der Waals surface area contributed by atoms with Crippen molar-refractivity contribution in [1.82, 2.24) is 0 Å². The van der Waals surface area contributed by atoms with Crippen molar-refractivity contribution in [3.05, 3.63) is 0 Å². The highest BCUT2D eigenvalue weighted by atomic mass is 16.7. The summed E-state index contributed by atoms with van der Waals surface area (Å²) < 4.78 is 11.9. The predicted octanol–water partition coefficient (Wildman–Crippen LogP) is 2.39. The van der Waals surface area contributed by atoms with Crippen molar-refractivity contribution in [2.75, 3.05) is 0 Å². The van der Waals surface area contributed by atoms with Crippen LogP contribution in [0.2, 0.25) is 0 Å². The fourth-order valence-corrected chi connectivity index (χ4v) is 4.82. The van der Waals surface area contributed by atoms with Gasteiger partial charge in [-0.25, -0.2) is 0 Å². The van der Waals surface area contributed by atoms with Crippen LogP contribution in [-0.2, 0) is 14.3 Å². The highest BCUT2D eigenvalue weighted by Gasteiger charge is 2.77. The maximum Gasteiger partial charge on any atom is 0.317 e. The number of carbonyl (C=O) groups excluding carboxylic acids is 1. The minimum Gasteiger partial charge on any atom is -0.433 e. The average molecular weight is 222 g/mol. The first-order valence-electron chi connectivity index (χ1n) is 6.54. The third kappa shape index (κ3) is 0.784. The third-order valence-electron chi connectivity index (χ3n) is 5.50. The average Bonchev–Trinajstić information content (AvgIpc) is 2.46. The van der Waals surface area contributed by atoms with E-state index in [1.54, 1.807) is 0 Å². The Balaban J connectivity index is 1.87. The molecule has 2 bridgehead atoms. The summed E-state index contributed by atoms with van der Waals surface area (Å²) in [4.78, 5) is 12.3. The molecule has 0 radical (unpaired) electrons. The van der Waals surface area contributed by atoms with Crippen LogP contribution in [0, 0.1) is 11.3 Å². The quantitative estimate of drug-likeness (QED) is 0.590. The van der Waals surface area contributed by atoms with Crippen LogP contribution in [0.15, 0.2) is 0 Å². The van der Waals surface area contributed by atoms with Gasteiger partial charge in [0, 0.05) is 13.3 Å². The highest BCUT2D eigenvalue weighted by molar-refractivity contribution is 5.82. The molecule has 3 heteroatoms. The molecule has 88 valence electrons. The summed E-state index contributed by atoms with van der Waals surface area (Å²) in [5.41, 5.74) is -0.380. The van der Waals surface area contributed by atoms with Gasteiger partial charge in [-0.1, -0.05) is 0 Å². The normalized spacial score (nSPS) is 58.3. The second kappa shape index (κ2) is 2.47. The third-order valence-corrected chi connectivity index (χ3v) is 5.50. The summed E-state index contributed by atoms with van der Waals surface area (Å²) in [6.07, 6.45) is 7.41. The lowest BCUT2D eigenvalue weighted by Gasteiger charge is -2.63. The number of esters is 1. The number of ether oxygens (including phenoxy) is 2. The molecule has 2 aliphatic carbocycles. The summed E-state index contributed by atoms with van der Waals surface area (Å²) in [5.74, 6) is 0.0293. The van der Waals surface area contributed by atoms with Crippen LogP contribution in [0.1, 0.15) is 51.9 Å². The fraction of sp³-hybridized carbons (Fsp3) is 0.923. The van der Waals surface area contributed by atoms with Gasteiger partial charge < -0.3 is 9.47 Å². The summed E-state index contributed by atoms with van der Waals surface area (Å²) in [6.45, 7) is 1.95. The maximum atomic E-state index is 12.3. The van der Waals surface area contributed by atoms with E-state index in [9.17, 15) is 4.79 Å². The van der Waals surface area contributed by atoms with Gasteiger partial charge in [-0.2, -0.15) is 0 Å². The molecule has 2 aliphatic heterocycles. The smallest absolute Gasteiger partial charge is 0.317 e. The molecule has 4 atom stereocenters. The van der Waals surface area contributed by atoms with Crippen LogP contribution in [0.3, 0.4) is 0 Å². The molecule has 4 aliphatic rings. The van der Waals surface area contributed by atoms with Gasteiger partial charge in [0.05, 0.1) is 11.0 Å². The van der Waals surface area contributed by atoms with Gasteiger partial charge in [0.15, 0.2) is 0 Å². The van der Waals surface area contributed by atoms with Crippen LogP contribution in [0.25, 0.3) is 0 Å². The first-order valence-corrected chi connectivity index (χ1v) is 6.54. The monoisotopic (exact) mass is 222 g/mol. The lowest BCUT2D eigenvalue weighted by atomic mass is 9.50. The molecular formula is C13H18O3. The standard InChI is InChI=1S/C13H18O3/c1-11-5-2-4-9-8-12(10(14)15-11)6-3-7-13(9,12)16-11/h9H,2-8H2,1H3/t9-,11+,12-,13-/m1/s1. The lowest BCUT2D eigenvalue weighted by molar-refractivity contribution is -0.366. The van der Waals surface area contributed by atoms with Gasteiger partial charge >= 0.3 is 5.97 Å². The molecule has 16 heavy (non-hydrogen) atoms. The zero-order chi connectivity index (χ0) is 11.0. The number of hydrogen-bond donors (Lipinski definition) is 0. The molecule has 2 saturated carbocycles. The highest BCUT2D eigenvalue weighted by Crippen LogP contribution is 2.71. The van der Waals surface area contributed by atoms with Crippen molar-refractivity contribution in [3.63, 3.8) is 0 Å². The fourth-order valence-electron chi connectivity index (χ4n) is 4.82. The number of rotatable bonds is 0. The van der Waals surface area contributed by atoms with E-state index in [0.717, 1.165) is 38.5 Å². The summed E-state index contributed by atoms with van der Waals surface area (Å²) >= 11 is 0. The first-order chi connectivity index (χ1) is 7.60. The minimum absolute atomic E-state index is 0.0388. The molecule has 3 nitrogen and oxygen atoms in total. The molecule has 0 aromatic heterocycles. The van der Waals surface area contributed by atoms with Gasteiger partial charge in [-0.3, -0.25) is 4.79 Å². The van der Waals surface area contributed by atoms with E-state index in [1.807, 2.05) is 6.92 Å². The lowest BCUT2D eigenvalue weighted by Crippen LogP contribution is -2.71. The summed E-state index contributed by atoms with van der Waals surface area (Å²) in [6, 6.07) is 0. The summed E-state index contributed by atoms with van der Waals surface area (Å²) in [5, 5.41) is 0. The topological polar surface area (TPSA) is 35.5 Å². The Morgan fingerprint density at radius 3 is 3.00 bits per heavy atom. The zero-order valence-corrected chi connectivity index (χ0v) is 9.75. The van der Waals surface area contributed by atoms with E-state index in [2.05, 4.69) is 0 Å². The SMILES string of the molecule is C[C@@]12CCC[C@@H]3C[C@]4(CCC[C@@]34O1)C(=O)O2. The molecule has 1 spiro atoms. The molecule has 0 aromatic rings. The molecule has 2 heterocycles. The second-order valence-electron chi connectivity index (χ2n) is 6.24. The van der Waals surface area contributed by atoms with Crippen LogP contribution in [0.5, 0.6) is 0 Å². The molecule has 0 amide bonds. The van der Waals surface area contributed by atoms with Crippen molar-refractivity contribution < 1.29 is 14.3 Å². The largest absolute Gasteiger partial charge is 0.433 e. The van der Waals surface area contributed by atoms with Crippen molar-refractivity contribution >= 4 is 5.97 Å². The Morgan fingerprint density at radius 1 is 1.25 bits per heavy atom. The Labute approximate surface area is 95.5 Å². The van der Waals surface area contributed by atoms with E-state index >= 15 is 0 Å². The van der Waals surface area contributed by atoms with Crippen molar-refractivity contribution in [2.45, 2.75) is 63.3 Å². The van der Waals surface area contributed by atoms with Crippen LogP contribution in [0.4, 0.5) is 0 Å². The Kier molecular flexibility index (Phi) is 1.46. The van der Waals surface area contributed by atoms with Crippen LogP contribution >= 0.6 is 0 Å². The minimum atomic E-state index is -0.625. The van der Waals surface area contributed by atoms with Gasteiger partial charge in [-0.05, 0) is 44.4 Å². The van der Waals surface area contributed by atoms with Crippen molar-refractivity contribution in [2.24, 2.45) is 11.3 Å². The second-order valence-corrected chi connectivity index (χ2v) is 6.24. The first kappa shape index (κ1) is 9.46. The number of hydrogen-bond acceptors (Lipinski definition) is 3. The van der Waals surface area contributed by atoms with E-state index in [1.165, 1.54) is 6.42 Å².